The molecule has 0 saturated carbocycles. The Bertz CT molecular complexity index is 1020. The van der Waals surface area contributed by atoms with Gasteiger partial charge in [-0.15, -0.1) is 0 Å². The zero-order valence-corrected chi connectivity index (χ0v) is 14.4. The van der Waals surface area contributed by atoms with Crippen LogP contribution in [-0.2, 0) is 11.3 Å². The van der Waals surface area contributed by atoms with Crippen LogP contribution in [0.3, 0.4) is 0 Å². The van der Waals surface area contributed by atoms with Gasteiger partial charge in [-0.05, 0) is 47.4 Å². The summed E-state index contributed by atoms with van der Waals surface area (Å²) in [7, 11) is 0. The Balaban J connectivity index is 1.74. The van der Waals surface area contributed by atoms with E-state index in [1.54, 1.807) is 4.90 Å². The minimum atomic E-state index is -0.182. The van der Waals surface area contributed by atoms with Crippen molar-refractivity contribution in [1.29, 1.82) is 5.26 Å². The number of hydrogen-bond donors (Lipinski definition) is 1. The van der Waals surface area contributed by atoms with Crippen molar-refractivity contribution in [1.82, 2.24) is 4.90 Å². The van der Waals surface area contributed by atoms with E-state index in [0.717, 1.165) is 27.9 Å². The van der Waals surface area contributed by atoms with Crippen LogP contribution in [0.2, 0.25) is 0 Å². The summed E-state index contributed by atoms with van der Waals surface area (Å²) < 4.78 is 0. The van der Waals surface area contributed by atoms with Crippen molar-refractivity contribution in [3.05, 3.63) is 65.2 Å². The summed E-state index contributed by atoms with van der Waals surface area (Å²) in [6.07, 6.45) is 0. The van der Waals surface area contributed by atoms with E-state index in [0.29, 0.717) is 17.7 Å². The maximum absolute atomic E-state index is 12.6. The van der Waals surface area contributed by atoms with Gasteiger partial charge in [0.25, 0.3) is 5.91 Å². The predicted octanol–water partition coefficient (Wildman–Crippen LogP) is 3.44. The number of amides is 2. The number of nitrogens with one attached hydrogen (secondary N) is 1. The third-order valence-electron chi connectivity index (χ3n) is 5.06. The number of anilines is 1. The predicted molar refractivity (Wildman–Crippen MR) is 98.4 cm³/mol. The molecule has 5 heteroatoms. The molecule has 1 unspecified atom stereocenters. The van der Waals surface area contributed by atoms with Gasteiger partial charge in [0.2, 0.25) is 5.91 Å². The van der Waals surface area contributed by atoms with Crippen LogP contribution in [0, 0.1) is 11.3 Å². The van der Waals surface area contributed by atoms with Crippen molar-refractivity contribution in [3.63, 3.8) is 0 Å². The van der Waals surface area contributed by atoms with E-state index < -0.39 is 0 Å². The number of benzene rings is 2. The lowest BCUT2D eigenvalue weighted by Gasteiger charge is -2.14. The summed E-state index contributed by atoms with van der Waals surface area (Å²) in [4.78, 5) is 26.2. The molecule has 2 aromatic carbocycles. The first-order valence-electron chi connectivity index (χ1n) is 8.44. The molecule has 2 aliphatic rings. The molecule has 2 aromatic rings. The van der Waals surface area contributed by atoms with Crippen LogP contribution in [0.15, 0.2) is 48.6 Å². The first kappa shape index (κ1) is 16.1. The second kappa shape index (κ2) is 5.85. The van der Waals surface area contributed by atoms with Gasteiger partial charge >= 0.3 is 0 Å². The number of nitrogens with zero attached hydrogens (tertiary/aromatic N) is 2. The van der Waals surface area contributed by atoms with E-state index in [1.807, 2.05) is 49.4 Å². The molecule has 26 heavy (non-hydrogen) atoms. The minimum absolute atomic E-state index is 0.00630. The Labute approximate surface area is 151 Å². The van der Waals surface area contributed by atoms with Gasteiger partial charge in [-0.1, -0.05) is 24.8 Å². The molecule has 0 fully saturated rings. The van der Waals surface area contributed by atoms with Gasteiger partial charge < -0.3 is 10.2 Å². The van der Waals surface area contributed by atoms with Crippen molar-refractivity contribution in [2.45, 2.75) is 19.4 Å². The maximum Gasteiger partial charge on any atom is 0.254 e. The molecule has 0 bridgehead atoms. The molecular formula is C21H17N3O2. The second-order valence-electron chi connectivity index (χ2n) is 6.72. The molecule has 2 amide bonds. The molecule has 0 aromatic heterocycles. The van der Waals surface area contributed by atoms with Crippen molar-refractivity contribution in [2.75, 3.05) is 11.9 Å². The molecule has 2 heterocycles. The molecule has 128 valence electrons. The summed E-state index contributed by atoms with van der Waals surface area (Å²) in [6.45, 7) is 6.26. The normalized spacial score (nSPS) is 17.5. The second-order valence-corrected chi connectivity index (χ2v) is 6.72. The van der Waals surface area contributed by atoms with E-state index in [4.69, 9.17) is 5.26 Å². The molecule has 2 aliphatic heterocycles. The van der Waals surface area contributed by atoms with Gasteiger partial charge in [-0.2, -0.15) is 5.26 Å². The Morgan fingerprint density at radius 3 is 2.85 bits per heavy atom. The zero-order chi connectivity index (χ0) is 18.4. The summed E-state index contributed by atoms with van der Waals surface area (Å²) in [5.41, 5.74) is 5.77. The lowest BCUT2D eigenvalue weighted by atomic mass is 9.93. The van der Waals surface area contributed by atoms with Crippen LogP contribution in [0.25, 0.3) is 11.1 Å². The number of carbonyl (C=O) groups is 2. The highest BCUT2D eigenvalue weighted by molar-refractivity contribution is 6.04. The van der Waals surface area contributed by atoms with Crippen molar-refractivity contribution >= 4 is 17.5 Å². The van der Waals surface area contributed by atoms with Crippen molar-refractivity contribution in [3.8, 4) is 17.2 Å². The average molecular weight is 343 g/mol. The number of nitriles is 1. The fourth-order valence-corrected chi connectivity index (χ4v) is 3.64. The summed E-state index contributed by atoms with van der Waals surface area (Å²) in [5, 5.41) is 11.8. The smallest absolute Gasteiger partial charge is 0.254 e. The third-order valence-corrected chi connectivity index (χ3v) is 5.06. The lowest BCUT2D eigenvalue weighted by molar-refractivity contribution is -0.116. The highest BCUT2D eigenvalue weighted by Crippen LogP contribution is 2.38. The molecule has 0 spiro atoms. The van der Waals surface area contributed by atoms with Gasteiger partial charge in [-0.3, -0.25) is 9.59 Å². The van der Waals surface area contributed by atoms with Crippen molar-refractivity contribution in [2.24, 2.45) is 0 Å². The Morgan fingerprint density at radius 1 is 1.31 bits per heavy atom. The lowest BCUT2D eigenvalue weighted by Crippen LogP contribution is -2.25. The molecule has 0 aliphatic carbocycles. The molecule has 0 saturated heterocycles. The van der Waals surface area contributed by atoms with Crippen LogP contribution < -0.4 is 5.32 Å². The quantitative estimate of drug-likeness (QED) is 0.868. The first-order chi connectivity index (χ1) is 12.5. The Kier molecular flexibility index (Phi) is 3.62. The molecule has 0 radical (unpaired) electrons. The number of hydrogen-bond acceptors (Lipinski definition) is 3. The van der Waals surface area contributed by atoms with Gasteiger partial charge in [0.05, 0.1) is 18.5 Å². The van der Waals surface area contributed by atoms with Crippen LogP contribution in [0.5, 0.6) is 0 Å². The summed E-state index contributed by atoms with van der Waals surface area (Å²) in [6, 6.07) is 13.6. The van der Waals surface area contributed by atoms with E-state index in [2.05, 4.69) is 11.9 Å². The van der Waals surface area contributed by atoms with E-state index in [-0.39, 0.29) is 24.3 Å². The van der Waals surface area contributed by atoms with E-state index in [9.17, 15) is 9.59 Å². The van der Waals surface area contributed by atoms with Gasteiger partial charge in [0.15, 0.2) is 0 Å². The standard InChI is InChI=1S/C21H17N3O2/c1-12(9-22)10-24-11-18-15(4-3-5-16(18)21(24)26)14-6-7-19-17(8-14)13(2)20(25)23-19/h3-8,13H,1,10-11H2,2H3,(H,23,25). The topological polar surface area (TPSA) is 73.2 Å². The zero-order valence-electron chi connectivity index (χ0n) is 14.4. The van der Waals surface area contributed by atoms with Crippen LogP contribution in [-0.4, -0.2) is 23.3 Å². The molecular weight excluding hydrogens is 326 g/mol. The third kappa shape index (κ3) is 2.39. The molecule has 1 atom stereocenters. The number of fused-ring (bicyclic) bond motifs is 2. The maximum atomic E-state index is 12.6. The van der Waals surface area contributed by atoms with E-state index >= 15 is 0 Å². The van der Waals surface area contributed by atoms with Crippen LogP contribution in [0.4, 0.5) is 5.69 Å². The Hall–Kier alpha value is -3.39. The van der Waals surface area contributed by atoms with Gasteiger partial charge in [0.1, 0.15) is 0 Å². The highest BCUT2D eigenvalue weighted by Gasteiger charge is 2.31. The average Bonchev–Trinajstić information content (AvgIpc) is 3.11. The van der Waals surface area contributed by atoms with Crippen LogP contribution in [0.1, 0.15) is 34.3 Å². The monoisotopic (exact) mass is 343 g/mol. The summed E-state index contributed by atoms with van der Waals surface area (Å²) in [5.74, 6) is -0.254. The molecule has 1 N–H and O–H groups in total. The summed E-state index contributed by atoms with van der Waals surface area (Å²) >= 11 is 0. The number of rotatable bonds is 3. The fourth-order valence-electron chi connectivity index (χ4n) is 3.64. The highest BCUT2D eigenvalue weighted by atomic mass is 16.2. The molecule has 5 nitrogen and oxygen atoms in total. The fraction of sp³-hybridized carbons (Fsp3) is 0.190. The minimum Gasteiger partial charge on any atom is -0.329 e. The largest absolute Gasteiger partial charge is 0.329 e. The van der Waals surface area contributed by atoms with Crippen molar-refractivity contribution < 1.29 is 9.59 Å². The van der Waals surface area contributed by atoms with Gasteiger partial charge in [0, 0.05) is 23.4 Å². The van der Waals surface area contributed by atoms with Crippen LogP contribution >= 0.6 is 0 Å². The SMILES string of the molecule is C=C(C#N)CN1Cc2c(cccc2-c2ccc3c(c2)C(C)C(=O)N3)C1=O. The molecule has 4 rings (SSSR count). The first-order valence-corrected chi connectivity index (χ1v) is 8.44. The number of carbonyl (C=O) groups excluding carboxylic acids is 2. The van der Waals surface area contributed by atoms with E-state index in [1.165, 1.54) is 0 Å². The van der Waals surface area contributed by atoms with Gasteiger partial charge in [-0.25, -0.2) is 0 Å². The Morgan fingerprint density at radius 2 is 2.08 bits per heavy atom.